The third-order valence-corrected chi connectivity index (χ3v) is 4.30. The molecule has 122 valence electrons. The van der Waals surface area contributed by atoms with Crippen LogP contribution in [0.1, 0.15) is 22.5 Å². The SMILES string of the molecule is COC1COCCC1NC(=O)c1cc(C)nc2ccc(Cl)cc12. The number of halogens is 1. The Labute approximate surface area is 139 Å². The Balaban J connectivity index is 1.92. The van der Waals surface area contributed by atoms with E-state index >= 15 is 0 Å². The molecule has 5 nitrogen and oxygen atoms in total. The number of pyridine rings is 1. The third-order valence-electron chi connectivity index (χ3n) is 4.07. The van der Waals surface area contributed by atoms with Crippen molar-refractivity contribution < 1.29 is 14.3 Å². The molecule has 0 bridgehead atoms. The van der Waals surface area contributed by atoms with E-state index in [1.165, 1.54) is 0 Å². The molecule has 2 heterocycles. The highest BCUT2D eigenvalue weighted by molar-refractivity contribution is 6.31. The highest BCUT2D eigenvalue weighted by Crippen LogP contribution is 2.23. The van der Waals surface area contributed by atoms with Gasteiger partial charge < -0.3 is 14.8 Å². The van der Waals surface area contributed by atoms with Crippen molar-refractivity contribution >= 4 is 28.4 Å². The number of carbonyl (C=O) groups excluding carboxylic acids is 1. The molecule has 2 aromatic rings. The molecule has 6 heteroatoms. The highest BCUT2D eigenvalue weighted by atomic mass is 35.5. The summed E-state index contributed by atoms with van der Waals surface area (Å²) in [5.41, 5.74) is 2.13. The van der Waals surface area contributed by atoms with Crippen molar-refractivity contribution in [1.82, 2.24) is 10.3 Å². The number of methoxy groups -OCH3 is 1. The summed E-state index contributed by atoms with van der Waals surface area (Å²) in [5.74, 6) is -0.142. The molecule has 1 aromatic carbocycles. The summed E-state index contributed by atoms with van der Waals surface area (Å²) >= 11 is 6.08. The van der Waals surface area contributed by atoms with Crippen LogP contribution in [-0.2, 0) is 9.47 Å². The Bertz CT molecular complexity index is 735. The van der Waals surface area contributed by atoms with Gasteiger partial charge in [-0.2, -0.15) is 0 Å². The van der Waals surface area contributed by atoms with Crippen LogP contribution in [0.4, 0.5) is 0 Å². The molecule has 1 fully saturated rings. The lowest BCUT2D eigenvalue weighted by molar-refractivity contribution is -0.0479. The molecule has 23 heavy (non-hydrogen) atoms. The summed E-state index contributed by atoms with van der Waals surface area (Å²) in [6, 6.07) is 7.10. The molecule has 1 aliphatic heterocycles. The van der Waals surface area contributed by atoms with Crippen LogP contribution in [0.15, 0.2) is 24.3 Å². The fourth-order valence-corrected chi connectivity index (χ4v) is 3.05. The number of fused-ring (bicyclic) bond motifs is 1. The monoisotopic (exact) mass is 334 g/mol. The van der Waals surface area contributed by atoms with Crippen LogP contribution in [-0.4, -0.2) is 43.4 Å². The molecule has 1 aliphatic rings. The predicted octanol–water partition coefficient (Wildman–Crippen LogP) is 2.73. The third kappa shape index (κ3) is 3.47. The Morgan fingerprint density at radius 2 is 2.26 bits per heavy atom. The summed E-state index contributed by atoms with van der Waals surface area (Å²) in [4.78, 5) is 17.2. The smallest absolute Gasteiger partial charge is 0.252 e. The number of aromatic nitrogens is 1. The van der Waals surface area contributed by atoms with Crippen LogP contribution in [0.25, 0.3) is 10.9 Å². The second kappa shape index (κ2) is 6.83. The second-order valence-electron chi connectivity index (χ2n) is 5.69. The van der Waals surface area contributed by atoms with E-state index < -0.39 is 0 Å². The van der Waals surface area contributed by atoms with E-state index in [2.05, 4.69) is 10.3 Å². The van der Waals surface area contributed by atoms with Crippen LogP contribution in [0.3, 0.4) is 0 Å². The van der Waals surface area contributed by atoms with E-state index in [-0.39, 0.29) is 18.1 Å². The Morgan fingerprint density at radius 1 is 1.43 bits per heavy atom. The molecule has 1 aromatic heterocycles. The normalized spacial score (nSPS) is 21.3. The van der Waals surface area contributed by atoms with Crippen molar-refractivity contribution in [2.75, 3.05) is 20.3 Å². The van der Waals surface area contributed by atoms with Gasteiger partial charge in [0.2, 0.25) is 0 Å². The van der Waals surface area contributed by atoms with Crippen molar-refractivity contribution in [3.8, 4) is 0 Å². The lowest BCUT2D eigenvalue weighted by Crippen LogP contribution is -2.49. The first-order chi connectivity index (χ1) is 11.1. The number of carbonyl (C=O) groups is 1. The first kappa shape index (κ1) is 16.2. The minimum Gasteiger partial charge on any atom is -0.379 e. The summed E-state index contributed by atoms with van der Waals surface area (Å²) in [6.45, 7) is 2.98. The zero-order chi connectivity index (χ0) is 16.4. The van der Waals surface area contributed by atoms with Gasteiger partial charge in [0, 0.05) is 29.8 Å². The number of nitrogens with one attached hydrogen (secondary N) is 1. The van der Waals surface area contributed by atoms with Gasteiger partial charge in [-0.15, -0.1) is 0 Å². The molecule has 0 saturated carbocycles. The summed E-state index contributed by atoms with van der Waals surface area (Å²) in [6.07, 6.45) is 0.595. The molecule has 0 radical (unpaired) electrons. The van der Waals surface area contributed by atoms with Gasteiger partial charge in [-0.25, -0.2) is 0 Å². The zero-order valence-corrected chi connectivity index (χ0v) is 13.9. The number of rotatable bonds is 3. The number of benzene rings is 1. The minimum atomic E-state index is -0.142. The van der Waals surface area contributed by atoms with Crippen molar-refractivity contribution in [2.24, 2.45) is 0 Å². The van der Waals surface area contributed by atoms with Crippen LogP contribution in [0.2, 0.25) is 5.02 Å². The van der Waals surface area contributed by atoms with E-state index in [0.717, 1.165) is 23.0 Å². The van der Waals surface area contributed by atoms with Crippen LogP contribution >= 0.6 is 11.6 Å². The molecule has 0 aliphatic carbocycles. The Hall–Kier alpha value is -1.69. The lowest BCUT2D eigenvalue weighted by Gasteiger charge is -2.31. The largest absolute Gasteiger partial charge is 0.379 e. The van der Waals surface area contributed by atoms with Crippen molar-refractivity contribution in [2.45, 2.75) is 25.5 Å². The van der Waals surface area contributed by atoms with Gasteiger partial charge in [-0.05, 0) is 37.6 Å². The summed E-state index contributed by atoms with van der Waals surface area (Å²) in [5, 5.41) is 4.39. The lowest BCUT2D eigenvalue weighted by atomic mass is 10.0. The van der Waals surface area contributed by atoms with E-state index in [9.17, 15) is 4.79 Å². The fourth-order valence-electron chi connectivity index (χ4n) is 2.87. The first-order valence-electron chi connectivity index (χ1n) is 7.57. The van der Waals surface area contributed by atoms with Gasteiger partial charge in [0.15, 0.2) is 0 Å². The summed E-state index contributed by atoms with van der Waals surface area (Å²) in [7, 11) is 1.63. The van der Waals surface area contributed by atoms with E-state index in [1.54, 1.807) is 25.3 Å². The predicted molar refractivity (Wildman–Crippen MR) is 89.0 cm³/mol. The van der Waals surface area contributed by atoms with Crippen LogP contribution in [0, 0.1) is 6.92 Å². The molecule has 0 spiro atoms. The van der Waals surface area contributed by atoms with Gasteiger partial charge in [-0.3, -0.25) is 9.78 Å². The molecule has 1 N–H and O–H groups in total. The van der Waals surface area contributed by atoms with Crippen molar-refractivity contribution in [1.29, 1.82) is 0 Å². The molecule has 2 atom stereocenters. The minimum absolute atomic E-state index is 0.0658. The van der Waals surface area contributed by atoms with Gasteiger partial charge in [-0.1, -0.05) is 11.6 Å². The molecule has 3 rings (SSSR count). The van der Waals surface area contributed by atoms with E-state index in [4.69, 9.17) is 21.1 Å². The average molecular weight is 335 g/mol. The molecule has 1 amide bonds. The topological polar surface area (TPSA) is 60.5 Å². The number of hydrogen-bond donors (Lipinski definition) is 1. The number of hydrogen-bond acceptors (Lipinski definition) is 4. The molecular weight excluding hydrogens is 316 g/mol. The second-order valence-corrected chi connectivity index (χ2v) is 6.13. The number of ether oxygens (including phenoxy) is 2. The molecule has 1 saturated heterocycles. The maximum atomic E-state index is 12.8. The Kier molecular flexibility index (Phi) is 4.80. The van der Waals surface area contributed by atoms with E-state index in [0.29, 0.717) is 23.8 Å². The van der Waals surface area contributed by atoms with Gasteiger partial charge >= 0.3 is 0 Å². The average Bonchev–Trinajstić information content (AvgIpc) is 2.55. The van der Waals surface area contributed by atoms with Gasteiger partial charge in [0.1, 0.15) is 6.10 Å². The van der Waals surface area contributed by atoms with Crippen molar-refractivity contribution in [3.05, 3.63) is 40.5 Å². The molecular formula is C17H19ClN2O3. The summed E-state index contributed by atoms with van der Waals surface area (Å²) < 4.78 is 10.8. The Morgan fingerprint density at radius 3 is 3.04 bits per heavy atom. The van der Waals surface area contributed by atoms with Gasteiger partial charge in [0.25, 0.3) is 5.91 Å². The zero-order valence-electron chi connectivity index (χ0n) is 13.1. The maximum absolute atomic E-state index is 12.8. The van der Waals surface area contributed by atoms with Gasteiger partial charge in [0.05, 0.1) is 23.7 Å². The fraction of sp³-hybridized carbons (Fsp3) is 0.412. The number of amides is 1. The highest BCUT2D eigenvalue weighted by Gasteiger charge is 2.27. The van der Waals surface area contributed by atoms with Crippen molar-refractivity contribution in [3.63, 3.8) is 0 Å². The van der Waals surface area contributed by atoms with E-state index in [1.807, 2.05) is 13.0 Å². The molecule has 2 unspecified atom stereocenters. The maximum Gasteiger partial charge on any atom is 0.252 e. The standard InChI is InChI=1S/C17H19ClN2O3/c1-10-7-13(12-8-11(18)3-4-14(12)19-10)17(21)20-15-5-6-23-9-16(15)22-2/h3-4,7-8,15-16H,5-6,9H2,1-2H3,(H,20,21). The first-order valence-corrected chi connectivity index (χ1v) is 7.94. The van der Waals surface area contributed by atoms with Crippen LogP contribution < -0.4 is 5.32 Å². The number of aryl methyl sites for hydroxylation is 1. The van der Waals surface area contributed by atoms with Crippen LogP contribution in [0.5, 0.6) is 0 Å². The number of nitrogens with zero attached hydrogens (tertiary/aromatic N) is 1. The quantitative estimate of drug-likeness (QED) is 0.937.